The summed E-state index contributed by atoms with van der Waals surface area (Å²) in [6, 6.07) is 15.3. The van der Waals surface area contributed by atoms with Crippen molar-refractivity contribution in [3.05, 3.63) is 65.5 Å². The highest BCUT2D eigenvalue weighted by Gasteiger charge is 2.28. The zero-order valence-corrected chi connectivity index (χ0v) is 16.1. The third-order valence-electron chi connectivity index (χ3n) is 5.28. The number of ether oxygens (including phenoxy) is 1. The van der Waals surface area contributed by atoms with Crippen molar-refractivity contribution < 1.29 is 14.1 Å². The molecule has 1 amide bonds. The van der Waals surface area contributed by atoms with Crippen molar-refractivity contribution in [2.45, 2.75) is 25.7 Å². The molecule has 1 saturated heterocycles. The maximum atomic E-state index is 12.8. The van der Waals surface area contributed by atoms with E-state index in [1.165, 1.54) is 0 Å². The Labute approximate surface area is 164 Å². The lowest BCUT2D eigenvalue weighted by atomic mass is 9.95. The van der Waals surface area contributed by atoms with Gasteiger partial charge in [-0.15, -0.1) is 0 Å². The molecule has 1 aromatic heterocycles. The fourth-order valence-corrected chi connectivity index (χ4v) is 3.60. The molecule has 0 unspecified atom stereocenters. The van der Waals surface area contributed by atoms with Crippen molar-refractivity contribution in [1.82, 2.24) is 15.0 Å². The molecule has 1 aliphatic rings. The van der Waals surface area contributed by atoms with E-state index < -0.39 is 0 Å². The first-order valence-electron chi connectivity index (χ1n) is 9.48. The number of benzene rings is 2. The Morgan fingerprint density at radius 3 is 2.68 bits per heavy atom. The maximum absolute atomic E-state index is 12.8. The smallest absolute Gasteiger partial charge is 0.258 e. The van der Waals surface area contributed by atoms with Gasteiger partial charge in [0.2, 0.25) is 0 Å². The van der Waals surface area contributed by atoms with Gasteiger partial charge in [0.05, 0.1) is 7.11 Å². The number of nitrogens with zero attached hydrogens (tertiary/aromatic N) is 3. The number of hydrogen-bond donors (Lipinski definition) is 0. The van der Waals surface area contributed by atoms with Crippen LogP contribution in [0.15, 0.2) is 53.1 Å². The first-order valence-corrected chi connectivity index (χ1v) is 9.48. The molecule has 4 rings (SSSR count). The molecule has 28 heavy (non-hydrogen) atoms. The first-order chi connectivity index (χ1) is 13.7. The van der Waals surface area contributed by atoms with Gasteiger partial charge < -0.3 is 14.2 Å². The molecule has 0 atom stereocenters. The van der Waals surface area contributed by atoms with E-state index in [2.05, 4.69) is 10.1 Å². The number of piperidine rings is 1. The van der Waals surface area contributed by atoms with E-state index in [-0.39, 0.29) is 11.8 Å². The second-order valence-electron chi connectivity index (χ2n) is 7.07. The van der Waals surface area contributed by atoms with E-state index in [4.69, 9.17) is 9.26 Å². The van der Waals surface area contributed by atoms with Crippen molar-refractivity contribution in [3.63, 3.8) is 0 Å². The number of hydrogen-bond acceptors (Lipinski definition) is 5. The van der Waals surface area contributed by atoms with Gasteiger partial charge >= 0.3 is 0 Å². The predicted octanol–water partition coefficient (Wildman–Crippen LogP) is 4.07. The number of aryl methyl sites for hydroxylation is 1. The fourth-order valence-electron chi connectivity index (χ4n) is 3.60. The van der Waals surface area contributed by atoms with Gasteiger partial charge in [0.15, 0.2) is 5.82 Å². The Morgan fingerprint density at radius 1 is 1.14 bits per heavy atom. The van der Waals surface area contributed by atoms with Crippen LogP contribution in [-0.2, 0) is 0 Å². The number of methoxy groups -OCH3 is 1. The minimum absolute atomic E-state index is 0.0334. The number of carbonyl (C=O) groups excluding carboxylic acids is 1. The standard InChI is InChI=1S/C22H23N3O3/c1-15-6-3-4-9-19(15)21-23-20(24-28-21)16-10-12-25(13-11-16)22(26)17-7-5-8-18(14-17)27-2/h3-9,14,16H,10-13H2,1-2H3. The summed E-state index contributed by atoms with van der Waals surface area (Å²) in [6.45, 7) is 3.38. The van der Waals surface area contributed by atoms with Crippen LogP contribution in [0, 0.1) is 6.92 Å². The monoisotopic (exact) mass is 377 g/mol. The minimum Gasteiger partial charge on any atom is -0.497 e. The number of rotatable bonds is 4. The first kappa shape index (κ1) is 18.2. The summed E-state index contributed by atoms with van der Waals surface area (Å²) in [4.78, 5) is 19.3. The summed E-state index contributed by atoms with van der Waals surface area (Å²) < 4.78 is 10.7. The van der Waals surface area contributed by atoms with Gasteiger partial charge in [0.1, 0.15) is 5.75 Å². The van der Waals surface area contributed by atoms with E-state index in [1.54, 1.807) is 13.2 Å². The van der Waals surface area contributed by atoms with Crippen LogP contribution >= 0.6 is 0 Å². The number of amides is 1. The molecular formula is C22H23N3O3. The van der Waals surface area contributed by atoms with E-state index in [9.17, 15) is 4.79 Å². The van der Waals surface area contributed by atoms with Crippen molar-refractivity contribution >= 4 is 5.91 Å². The van der Waals surface area contributed by atoms with Crippen LogP contribution in [0.3, 0.4) is 0 Å². The summed E-state index contributed by atoms with van der Waals surface area (Å²) in [5, 5.41) is 4.20. The van der Waals surface area contributed by atoms with Crippen molar-refractivity contribution in [3.8, 4) is 17.2 Å². The fraction of sp³-hybridized carbons (Fsp3) is 0.318. The molecule has 1 aliphatic heterocycles. The number of likely N-dealkylation sites (tertiary alicyclic amines) is 1. The molecule has 0 radical (unpaired) electrons. The van der Waals surface area contributed by atoms with Crippen LogP contribution in [0.1, 0.15) is 40.5 Å². The lowest BCUT2D eigenvalue weighted by Crippen LogP contribution is -2.38. The van der Waals surface area contributed by atoms with Gasteiger partial charge in [0.25, 0.3) is 11.8 Å². The Kier molecular flexibility index (Phi) is 5.10. The Bertz CT molecular complexity index is 974. The molecule has 2 heterocycles. The van der Waals surface area contributed by atoms with Gasteiger partial charge in [-0.05, 0) is 49.6 Å². The summed E-state index contributed by atoms with van der Waals surface area (Å²) in [5.74, 6) is 2.22. The Hall–Kier alpha value is -3.15. The molecule has 0 spiro atoms. The third-order valence-corrected chi connectivity index (χ3v) is 5.28. The molecule has 6 nitrogen and oxygen atoms in total. The number of carbonyl (C=O) groups is 1. The van der Waals surface area contributed by atoms with Crippen LogP contribution in [0.4, 0.5) is 0 Å². The highest BCUT2D eigenvalue weighted by molar-refractivity contribution is 5.94. The van der Waals surface area contributed by atoms with Gasteiger partial charge in [-0.2, -0.15) is 4.98 Å². The molecular weight excluding hydrogens is 354 g/mol. The highest BCUT2D eigenvalue weighted by Crippen LogP contribution is 2.29. The summed E-state index contributed by atoms with van der Waals surface area (Å²) in [5.41, 5.74) is 2.72. The minimum atomic E-state index is 0.0334. The third kappa shape index (κ3) is 3.63. The van der Waals surface area contributed by atoms with Crippen LogP contribution < -0.4 is 4.74 Å². The van der Waals surface area contributed by atoms with Crippen LogP contribution in [0.25, 0.3) is 11.5 Å². The molecule has 0 N–H and O–H groups in total. The lowest BCUT2D eigenvalue weighted by molar-refractivity contribution is 0.0710. The van der Waals surface area contributed by atoms with Gasteiger partial charge in [-0.3, -0.25) is 4.79 Å². The average Bonchev–Trinajstić information content (AvgIpc) is 3.24. The summed E-state index contributed by atoms with van der Waals surface area (Å²) >= 11 is 0. The second kappa shape index (κ2) is 7.84. The predicted molar refractivity (Wildman–Crippen MR) is 105 cm³/mol. The van der Waals surface area contributed by atoms with Crippen molar-refractivity contribution in [2.24, 2.45) is 0 Å². The molecule has 0 bridgehead atoms. The van der Waals surface area contributed by atoms with Gasteiger partial charge in [0, 0.05) is 30.1 Å². The second-order valence-corrected chi connectivity index (χ2v) is 7.07. The van der Waals surface area contributed by atoms with E-state index in [0.717, 1.165) is 29.8 Å². The van der Waals surface area contributed by atoms with E-state index in [1.807, 2.05) is 54.3 Å². The molecule has 144 valence electrons. The topological polar surface area (TPSA) is 68.5 Å². The quantitative estimate of drug-likeness (QED) is 0.685. The zero-order chi connectivity index (χ0) is 19.5. The highest BCUT2D eigenvalue weighted by atomic mass is 16.5. The number of aromatic nitrogens is 2. The van der Waals surface area contributed by atoms with Gasteiger partial charge in [-0.1, -0.05) is 29.4 Å². The molecule has 6 heteroatoms. The summed E-state index contributed by atoms with van der Waals surface area (Å²) in [6.07, 6.45) is 1.64. The maximum Gasteiger partial charge on any atom is 0.258 e. The normalized spacial score (nSPS) is 14.9. The van der Waals surface area contributed by atoms with Crippen molar-refractivity contribution in [2.75, 3.05) is 20.2 Å². The van der Waals surface area contributed by atoms with E-state index >= 15 is 0 Å². The van der Waals surface area contributed by atoms with Gasteiger partial charge in [-0.25, -0.2) is 0 Å². The average molecular weight is 377 g/mol. The molecule has 0 saturated carbocycles. The summed E-state index contributed by atoms with van der Waals surface area (Å²) in [7, 11) is 1.60. The zero-order valence-electron chi connectivity index (χ0n) is 16.1. The molecule has 1 fully saturated rings. The van der Waals surface area contributed by atoms with Crippen LogP contribution in [0.2, 0.25) is 0 Å². The molecule has 3 aromatic rings. The lowest BCUT2D eigenvalue weighted by Gasteiger charge is -2.30. The van der Waals surface area contributed by atoms with Crippen molar-refractivity contribution in [1.29, 1.82) is 0 Å². The van der Waals surface area contributed by atoms with Crippen LogP contribution in [0.5, 0.6) is 5.75 Å². The molecule has 2 aromatic carbocycles. The largest absolute Gasteiger partial charge is 0.497 e. The van der Waals surface area contributed by atoms with E-state index in [0.29, 0.717) is 30.3 Å². The SMILES string of the molecule is COc1cccc(C(=O)N2CCC(c3noc(-c4ccccc4C)n3)CC2)c1. The Morgan fingerprint density at radius 2 is 1.93 bits per heavy atom. The van der Waals surface area contributed by atoms with Crippen LogP contribution in [-0.4, -0.2) is 41.1 Å². The molecule has 0 aliphatic carbocycles. The Balaban J connectivity index is 1.42.